The zero-order valence-corrected chi connectivity index (χ0v) is 19.5. The molecule has 32 heavy (non-hydrogen) atoms. The minimum Gasteiger partial charge on any atom is -0.427 e. The smallest absolute Gasteiger partial charge is 0.311 e. The van der Waals surface area contributed by atoms with Crippen molar-refractivity contribution in [3.63, 3.8) is 0 Å². The number of aryl methyl sites for hydroxylation is 3. The van der Waals surface area contributed by atoms with Gasteiger partial charge in [-0.3, -0.25) is 9.59 Å². The number of ether oxygens (including phenoxy) is 1. The number of rotatable bonds is 6. The first-order valence-corrected chi connectivity index (χ1v) is 10.9. The normalized spacial score (nSPS) is 11.2. The fourth-order valence-corrected chi connectivity index (χ4v) is 3.34. The number of carbonyl (C=O) groups excluding carboxylic acids is 2. The third-order valence-corrected chi connectivity index (χ3v) is 5.43. The lowest BCUT2D eigenvalue weighted by atomic mass is 9.86. The Hall–Kier alpha value is -3.40. The van der Waals surface area contributed by atoms with Crippen LogP contribution in [0.5, 0.6) is 5.75 Å². The van der Waals surface area contributed by atoms with Crippen LogP contribution in [0.3, 0.4) is 0 Å². The highest BCUT2D eigenvalue weighted by atomic mass is 16.5. The summed E-state index contributed by atoms with van der Waals surface area (Å²) in [5.41, 5.74) is 5.87. The molecule has 0 aliphatic heterocycles. The molecule has 0 heterocycles. The summed E-state index contributed by atoms with van der Waals surface area (Å²) in [4.78, 5) is 24.8. The van der Waals surface area contributed by atoms with Gasteiger partial charge in [0.15, 0.2) is 0 Å². The first-order chi connectivity index (χ1) is 15.1. The minimum absolute atomic E-state index is 0.111. The molecule has 0 unspecified atom stereocenters. The van der Waals surface area contributed by atoms with E-state index in [0.717, 1.165) is 22.4 Å². The van der Waals surface area contributed by atoms with E-state index in [1.807, 2.05) is 32.0 Å². The number of nitrogens with one attached hydrogen (secondary N) is 1. The van der Waals surface area contributed by atoms with Gasteiger partial charge in [-0.05, 0) is 78.3 Å². The molecular formula is C28H31NO3. The number of benzene rings is 3. The molecule has 3 aromatic carbocycles. The number of carbonyl (C=O) groups is 2. The summed E-state index contributed by atoms with van der Waals surface area (Å²) in [7, 11) is 0. The first kappa shape index (κ1) is 23.3. The van der Waals surface area contributed by atoms with E-state index < -0.39 is 0 Å². The zero-order chi connectivity index (χ0) is 23.3. The Kier molecular flexibility index (Phi) is 7.14. The summed E-state index contributed by atoms with van der Waals surface area (Å²) in [6.45, 7) is 10.5. The van der Waals surface area contributed by atoms with Gasteiger partial charge >= 0.3 is 5.97 Å². The van der Waals surface area contributed by atoms with Gasteiger partial charge in [-0.15, -0.1) is 0 Å². The lowest BCUT2D eigenvalue weighted by Gasteiger charge is -2.19. The van der Waals surface area contributed by atoms with E-state index in [0.29, 0.717) is 24.2 Å². The lowest BCUT2D eigenvalue weighted by molar-refractivity contribution is -0.134. The average molecular weight is 430 g/mol. The molecule has 0 atom stereocenters. The molecule has 1 N–H and O–H groups in total. The molecule has 4 heteroatoms. The second kappa shape index (κ2) is 9.82. The molecule has 4 nitrogen and oxygen atoms in total. The molecule has 0 bridgehead atoms. The molecule has 0 aliphatic carbocycles. The Balaban J connectivity index is 1.53. The molecule has 0 aromatic heterocycles. The monoisotopic (exact) mass is 429 g/mol. The van der Waals surface area contributed by atoms with Crippen LogP contribution in [0.15, 0.2) is 66.7 Å². The quantitative estimate of drug-likeness (QED) is 0.365. The maximum atomic E-state index is 12.5. The van der Waals surface area contributed by atoms with E-state index in [4.69, 9.17) is 4.74 Å². The van der Waals surface area contributed by atoms with Crippen LogP contribution in [0, 0.1) is 13.8 Å². The number of anilines is 1. The molecule has 0 fully saturated rings. The summed E-state index contributed by atoms with van der Waals surface area (Å²) in [5.74, 6) is -0.0610. The van der Waals surface area contributed by atoms with Crippen LogP contribution in [-0.2, 0) is 16.6 Å². The SMILES string of the molecule is Cc1ccc(C)c(NC(=O)c2ccc(OC(=O)CCc3ccc(C(C)(C)C)cc3)cc2)c1. The molecule has 0 saturated carbocycles. The topological polar surface area (TPSA) is 55.4 Å². The summed E-state index contributed by atoms with van der Waals surface area (Å²) < 4.78 is 5.43. The van der Waals surface area contributed by atoms with Gasteiger partial charge in [0.1, 0.15) is 5.75 Å². The largest absolute Gasteiger partial charge is 0.427 e. The van der Waals surface area contributed by atoms with Crippen LogP contribution in [-0.4, -0.2) is 11.9 Å². The number of esters is 1. The summed E-state index contributed by atoms with van der Waals surface area (Å²) in [6.07, 6.45) is 0.920. The summed E-state index contributed by atoms with van der Waals surface area (Å²) >= 11 is 0. The molecule has 0 aliphatic rings. The third kappa shape index (κ3) is 6.30. The molecule has 3 aromatic rings. The predicted octanol–water partition coefficient (Wildman–Crippen LogP) is 6.39. The van der Waals surface area contributed by atoms with E-state index in [2.05, 4.69) is 50.4 Å². The molecule has 0 saturated heterocycles. The Morgan fingerprint density at radius 1 is 0.875 bits per heavy atom. The highest BCUT2D eigenvalue weighted by Crippen LogP contribution is 2.23. The summed E-state index contributed by atoms with van der Waals surface area (Å²) in [6, 6.07) is 20.9. The van der Waals surface area contributed by atoms with Gasteiger partial charge in [0.25, 0.3) is 5.91 Å². The van der Waals surface area contributed by atoms with Crippen molar-refractivity contribution < 1.29 is 14.3 Å². The molecule has 0 radical (unpaired) electrons. The van der Waals surface area contributed by atoms with Crippen molar-refractivity contribution in [3.8, 4) is 5.75 Å². The highest BCUT2D eigenvalue weighted by Gasteiger charge is 2.13. The maximum absolute atomic E-state index is 12.5. The van der Waals surface area contributed by atoms with E-state index in [1.54, 1.807) is 24.3 Å². The van der Waals surface area contributed by atoms with Crippen molar-refractivity contribution >= 4 is 17.6 Å². The van der Waals surface area contributed by atoms with Crippen molar-refractivity contribution in [3.05, 3.63) is 94.5 Å². The van der Waals surface area contributed by atoms with Crippen LogP contribution in [0.4, 0.5) is 5.69 Å². The van der Waals surface area contributed by atoms with Crippen LogP contribution >= 0.6 is 0 Å². The summed E-state index contributed by atoms with van der Waals surface area (Å²) in [5, 5.41) is 2.93. The number of hydrogen-bond acceptors (Lipinski definition) is 3. The average Bonchev–Trinajstić information content (AvgIpc) is 2.75. The van der Waals surface area contributed by atoms with E-state index in [1.165, 1.54) is 5.56 Å². The van der Waals surface area contributed by atoms with Crippen LogP contribution in [0.1, 0.15) is 59.8 Å². The zero-order valence-electron chi connectivity index (χ0n) is 19.5. The van der Waals surface area contributed by atoms with Crippen molar-refractivity contribution in [1.82, 2.24) is 0 Å². The van der Waals surface area contributed by atoms with Crippen molar-refractivity contribution in [2.75, 3.05) is 5.32 Å². The molecule has 3 rings (SSSR count). The molecule has 1 amide bonds. The standard InChI is InChI=1S/C28H31NO3/c1-19-6-7-20(2)25(18-19)29-27(31)22-11-15-24(16-12-22)32-26(30)17-10-21-8-13-23(14-9-21)28(3,4)5/h6-9,11-16,18H,10,17H2,1-5H3,(H,29,31). The first-order valence-electron chi connectivity index (χ1n) is 10.9. The highest BCUT2D eigenvalue weighted by molar-refractivity contribution is 6.04. The lowest BCUT2D eigenvalue weighted by Crippen LogP contribution is -2.13. The van der Waals surface area contributed by atoms with Gasteiger partial charge in [-0.2, -0.15) is 0 Å². The van der Waals surface area contributed by atoms with Gasteiger partial charge in [-0.25, -0.2) is 0 Å². The number of amides is 1. The van der Waals surface area contributed by atoms with Gasteiger partial charge in [0.2, 0.25) is 0 Å². The van der Waals surface area contributed by atoms with E-state index in [9.17, 15) is 9.59 Å². The Morgan fingerprint density at radius 2 is 1.53 bits per heavy atom. The molecule has 0 spiro atoms. The minimum atomic E-state index is -0.294. The second-order valence-electron chi connectivity index (χ2n) is 9.22. The Labute approximate surface area is 190 Å². The predicted molar refractivity (Wildman–Crippen MR) is 129 cm³/mol. The van der Waals surface area contributed by atoms with Crippen molar-refractivity contribution in [1.29, 1.82) is 0 Å². The Morgan fingerprint density at radius 3 is 2.16 bits per heavy atom. The van der Waals surface area contributed by atoms with Crippen molar-refractivity contribution in [2.24, 2.45) is 0 Å². The fraction of sp³-hybridized carbons (Fsp3) is 0.286. The Bertz CT molecular complexity index is 1090. The van der Waals surface area contributed by atoms with Crippen LogP contribution < -0.4 is 10.1 Å². The van der Waals surface area contributed by atoms with Gasteiger partial charge in [0.05, 0.1) is 0 Å². The van der Waals surface area contributed by atoms with E-state index >= 15 is 0 Å². The second-order valence-corrected chi connectivity index (χ2v) is 9.22. The molecular weight excluding hydrogens is 398 g/mol. The van der Waals surface area contributed by atoms with Crippen molar-refractivity contribution in [2.45, 2.75) is 52.9 Å². The van der Waals surface area contributed by atoms with Gasteiger partial charge in [-0.1, -0.05) is 57.2 Å². The fourth-order valence-electron chi connectivity index (χ4n) is 3.34. The van der Waals surface area contributed by atoms with Crippen LogP contribution in [0.25, 0.3) is 0 Å². The van der Waals surface area contributed by atoms with Gasteiger partial charge in [0, 0.05) is 17.7 Å². The molecule has 166 valence electrons. The van der Waals surface area contributed by atoms with E-state index in [-0.39, 0.29) is 17.3 Å². The number of hydrogen-bond donors (Lipinski definition) is 1. The van der Waals surface area contributed by atoms with Crippen LogP contribution in [0.2, 0.25) is 0 Å². The maximum Gasteiger partial charge on any atom is 0.311 e. The van der Waals surface area contributed by atoms with Gasteiger partial charge < -0.3 is 10.1 Å². The third-order valence-electron chi connectivity index (χ3n) is 5.43.